The minimum atomic E-state index is -0.929. The van der Waals surface area contributed by atoms with E-state index in [0.29, 0.717) is 0 Å². The Labute approximate surface area is 121 Å². The average molecular weight is 299 g/mol. The van der Waals surface area contributed by atoms with Crippen molar-refractivity contribution < 1.29 is 18.4 Å². The molecule has 0 spiro atoms. The molecule has 1 rings (SSSR count). The second-order valence-corrected chi connectivity index (χ2v) is 4.79. The molecule has 0 aliphatic heterocycles. The molecule has 0 aromatic heterocycles. The van der Waals surface area contributed by atoms with Crippen LogP contribution < -0.4 is 16.4 Å². The van der Waals surface area contributed by atoms with Crippen molar-refractivity contribution in [3.63, 3.8) is 0 Å². The van der Waals surface area contributed by atoms with E-state index in [9.17, 15) is 18.4 Å². The second kappa shape index (κ2) is 7.68. The molecule has 0 heterocycles. The number of rotatable bonds is 6. The fourth-order valence-corrected chi connectivity index (χ4v) is 1.56. The lowest BCUT2D eigenvalue weighted by molar-refractivity contribution is -0.124. The lowest BCUT2D eigenvalue weighted by Crippen LogP contribution is -2.41. The van der Waals surface area contributed by atoms with Gasteiger partial charge in [0.25, 0.3) is 5.91 Å². The minimum Gasteiger partial charge on any atom is -0.354 e. The van der Waals surface area contributed by atoms with Crippen molar-refractivity contribution in [1.82, 2.24) is 10.6 Å². The van der Waals surface area contributed by atoms with Crippen LogP contribution in [0.1, 0.15) is 24.2 Å². The summed E-state index contributed by atoms with van der Waals surface area (Å²) in [6.07, 6.45) is 0. The molecular formula is C14H19F2N3O2. The van der Waals surface area contributed by atoms with Crippen LogP contribution in [0.4, 0.5) is 8.78 Å². The van der Waals surface area contributed by atoms with Crippen LogP contribution in [0.5, 0.6) is 0 Å². The molecule has 0 aliphatic rings. The van der Waals surface area contributed by atoms with Crippen LogP contribution >= 0.6 is 0 Å². The summed E-state index contributed by atoms with van der Waals surface area (Å²) < 4.78 is 26.7. The molecular weight excluding hydrogens is 280 g/mol. The van der Waals surface area contributed by atoms with Crippen molar-refractivity contribution in [2.45, 2.75) is 19.9 Å². The molecule has 5 nitrogen and oxygen atoms in total. The van der Waals surface area contributed by atoms with Gasteiger partial charge in [0.1, 0.15) is 17.2 Å². The number of carbonyl (C=O) groups excluding carboxylic acids is 2. The Bertz CT molecular complexity index is 501. The van der Waals surface area contributed by atoms with E-state index in [1.54, 1.807) is 13.8 Å². The highest BCUT2D eigenvalue weighted by atomic mass is 19.1. The summed E-state index contributed by atoms with van der Waals surface area (Å²) in [5, 5.41) is 4.92. The molecule has 2 atom stereocenters. The number of nitrogens with one attached hydrogen (secondary N) is 2. The maximum absolute atomic E-state index is 13.3. The molecule has 116 valence electrons. The Morgan fingerprint density at radius 1 is 1.14 bits per heavy atom. The van der Waals surface area contributed by atoms with E-state index >= 15 is 0 Å². The largest absolute Gasteiger partial charge is 0.354 e. The third-order valence-corrected chi connectivity index (χ3v) is 3.10. The van der Waals surface area contributed by atoms with Gasteiger partial charge in [-0.2, -0.15) is 0 Å². The summed E-state index contributed by atoms with van der Waals surface area (Å²) in [6.45, 7) is 3.61. The van der Waals surface area contributed by atoms with Crippen LogP contribution in [0.25, 0.3) is 0 Å². The third-order valence-electron chi connectivity index (χ3n) is 3.10. The smallest absolute Gasteiger partial charge is 0.257 e. The Morgan fingerprint density at radius 2 is 1.67 bits per heavy atom. The van der Waals surface area contributed by atoms with Crippen molar-refractivity contribution in [3.05, 3.63) is 35.4 Å². The van der Waals surface area contributed by atoms with Gasteiger partial charge in [0.05, 0.1) is 0 Å². The molecule has 0 aliphatic carbocycles. The standard InChI is InChI=1S/C14H19F2N3O2/c1-8(9(2)17)13(20)18-6-7-19-14(21)12-10(15)4-3-5-11(12)16/h3-5,8-9H,6-7,17H2,1-2H3,(H,18,20)(H,19,21). The molecule has 7 heteroatoms. The maximum Gasteiger partial charge on any atom is 0.257 e. The molecule has 0 radical (unpaired) electrons. The van der Waals surface area contributed by atoms with E-state index in [1.165, 1.54) is 6.07 Å². The number of benzene rings is 1. The zero-order valence-electron chi connectivity index (χ0n) is 12.0. The molecule has 4 N–H and O–H groups in total. The fraction of sp³-hybridized carbons (Fsp3) is 0.429. The minimum absolute atomic E-state index is 0.0595. The summed E-state index contributed by atoms with van der Waals surface area (Å²) in [5.41, 5.74) is 4.95. The van der Waals surface area contributed by atoms with Crippen LogP contribution in [-0.2, 0) is 4.79 Å². The van der Waals surface area contributed by atoms with Gasteiger partial charge >= 0.3 is 0 Å². The maximum atomic E-state index is 13.3. The molecule has 1 aromatic carbocycles. The van der Waals surface area contributed by atoms with E-state index in [0.717, 1.165) is 12.1 Å². The number of hydrogen-bond donors (Lipinski definition) is 3. The predicted molar refractivity (Wildman–Crippen MR) is 74.5 cm³/mol. The fourth-order valence-electron chi connectivity index (χ4n) is 1.56. The van der Waals surface area contributed by atoms with E-state index in [2.05, 4.69) is 10.6 Å². The van der Waals surface area contributed by atoms with Crippen LogP contribution in [0.3, 0.4) is 0 Å². The van der Waals surface area contributed by atoms with Crippen LogP contribution in [0.2, 0.25) is 0 Å². The van der Waals surface area contributed by atoms with Gasteiger partial charge in [-0.15, -0.1) is 0 Å². The SMILES string of the molecule is CC(N)C(C)C(=O)NCCNC(=O)c1c(F)cccc1F. The first kappa shape index (κ1) is 17.0. The van der Waals surface area contributed by atoms with Crippen molar-refractivity contribution >= 4 is 11.8 Å². The van der Waals surface area contributed by atoms with Crippen molar-refractivity contribution in [1.29, 1.82) is 0 Å². The lowest BCUT2D eigenvalue weighted by atomic mass is 10.0. The van der Waals surface area contributed by atoms with E-state index in [1.807, 2.05) is 0 Å². The molecule has 0 saturated carbocycles. The molecule has 2 amide bonds. The van der Waals surface area contributed by atoms with Gasteiger partial charge in [0.15, 0.2) is 0 Å². The highest BCUT2D eigenvalue weighted by Gasteiger charge is 2.18. The Morgan fingerprint density at radius 3 is 2.19 bits per heavy atom. The molecule has 21 heavy (non-hydrogen) atoms. The monoisotopic (exact) mass is 299 g/mol. The topological polar surface area (TPSA) is 84.2 Å². The molecule has 0 fully saturated rings. The van der Waals surface area contributed by atoms with Crippen LogP contribution in [-0.4, -0.2) is 30.9 Å². The van der Waals surface area contributed by atoms with Gasteiger partial charge in [-0.3, -0.25) is 9.59 Å². The molecule has 1 aromatic rings. The number of halogens is 2. The zero-order valence-corrected chi connectivity index (χ0v) is 12.0. The van der Waals surface area contributed by atoms with Gasteiger partial charge in [-0.05, 0) is 19.1 Å². The number of hydrogen-bond acceptors (Lipinski definition) is 3. The third kappa shape index (κ3) is 4.78. The zero-order chi connectivity index (χ0) is 16.0. The van der Waals surface area contributed by atoms with Crippen molar-refractivity contribution in [3.8, 4) is 0 Å². The molecule has 2 unspecified atom stereocenters. The number of carbonyl (C=O) groups is 2. The summed E-state index contributed by atoms with van der Waals surface area (Å²) >= 11 is 0. The predicted octanol–water partition coefficient (Wildman–Crippen LogP) is 0.794. The second-order valence-electron chi connectivity index (χ2n) is 4.79. The first-order chi connectivity index (χ1) is 9.84. The normalized spacial score (nSPS) is 13.4. The van der Waals surface area contributed by atoms with Gasteiger partial charge < -0.3 is 16.4 Å². The first-order valence-corrected chi connectivity index (χ1v) is 6.60. The van der Waals surface area contributed by atoms with Crippen LogP contribution in [0.15, 0.2) is 18.2 Å². The Hall–Kier alpha value is -2.02. The quantitative estimate of drug-likeness (QED) is 0.679. The van der Waals surface area contributed by atoms with Crippen molar-refractivity contribution in [2.75, 3.05) is 13.1 Å². The van der Waals surface area contributed by atoms with E-state index in [4.69, 9.17) is 5.73 Å². The highest BCUT2D eigenvalue weighted by Crippen LogP contribution is 2.11. The number of nitrogens with two attached hydrogens (primary N) is 1. The van der Waals surface area contributed by atoms with Gasteiger partial charge in [0.2, 0.25) is 5.91 Å². The van der Waals surface area contributed by atoms with E-state index < -0.39 is 23.1 Å². The summed E-state index contributed by atoms with van der Waals surface area (Å²) in [5.74, 6) is -3.31. The first-order valence-electron chi connectivity index (χ1n) is 6.60. The summed E-state index contributed by atoms with van der Waals surface area (Å²) in [4.78, 5) is 23.2. The van der Waals surface area contributed by atoms with Gasteiger partial charge in [-0.1, -0.05) is 13.0 Å². The number of amides is 2. The van der Waals surface area contributed by atoms with Crippen molar-refractivity contribution in [2.24, 2.45) is 11.7 Å². The Kier molecular flexibility index (Phi) is 6.23. The Balaban J connectivity index is 2.43. The van der Waals surface area contributed by atoms with Crippen LogP contribution in [0, 0.1) is 17.6 Å². The highest BCUT2D eigenvalue weighted by molar-refractivity contribution is 5.94. The molecule has 0 bridgehead atoms. The average Bonchev–Trinajstić information content (AvgIpc) is 2.42. The summed E-state index contributed by atoms with van der Waals surface area (Å²) in [7, 11) is 0. The van der Waals surface area contributed by atoms with E-state index in [-0.39, 0.29) is 31.0 Å². The lowest BCUT2D eigenvalue weighted by Gasteiger charge is -2.15. The molecule has 0 saturated heterocycles. The van der Waals surface area contributed by atoms with Gasteiger partial charge in [-0.25, -0.2) is 8.78 Å². The summed E-state index contributed by atoms with van der Waals surface area (Å²) in [6, 6.07) is 2.90. The van der Waals surface area contributed by atoms with Gasteiger partial charge in [0, 0.05) is 25.0 Å².